The van der Waals surface area contributed by atoms with Crippen molar-refractivity contribution in [2.45, 2.75) is 6.42 Å². The Morgan fingerprint density at radius 3 is 2.52 bits per heavy atom. The highest BCUT2D eigenvalue weighted by Crippen LogP contribution is 2.37. The first kappa shape index (κ1) is 16.0. The van der Waals surface area contributed by atoms with Gasteiger partial charge in [-0.2, -0.15) is 0 Å². The fraction of sp³-hybridized carbons (Fsp3) is 0.0526. The molecule has 0 unspecified atom stereocenters. The van der Waals surface area contributed by atoms with Gasteiger partial charge in [0.15, 0.2) is 0 Å². The maximum atomic E-state index is 12.5. The highest BCUT2D eigenvalue weighted by atomic mass is 35.5. The Kier molecular flexibility index (Phi) is 4.11. The molecule has 0 bridgehead atoms. The summed E-state index contributed by atoms with van der Waals surface area (Å²) >= 11 is 7.42. The molecule has 124 valence electrons. The van der Waals surface area contributed by atoms with Gasteiger partial charge in [-0.1, -0.05) is 53.7 Å². The van der Waals surface area contributed by atoms with Crippen molar-refractivity contribution in [2.75, 3.05) is 4.90 Å². The van der Waals surface area contributed by atoms with Crippen molar-refractivity contribution < 1.29 is 4.79 Å². The van der Waals surface area contributed by atoms with Gasteiger partial charge < -0.3 is 5.32 Å². The number of benzene rings is 2. The Bertz CT molecular complexity index is 919. The first-order valence-corrected chi connectivity index (χ1v) is 8.99. The minimum Gasteiger partial charge on any atom is -0.349 e. The molecule has 1 fully saturated rings. The van der Waals surface area contributed by atoms with Crippen LogP contribution in [0.1, 0.15) is 12.0 Å². The zero-order chi connectivity index (χ0) is 17.4. The van der Waals surface area contributed by atoms with Crippen LogP contribution in [-0.4, -0.2) is 11.7 Å². The minimum atomic E-state index is -0.106. The minimum absolute atomic E-state index is 0.106. The van der Waals surface area contributed by atoms with E-state index in [1.807, 2.05) is 35.7 Å². The van der Waals surface area contributed by atoms with Crippen LogP contribution in [0.5, 0.6) is 0 Å². The summed E-state index contributed by atoms with van der Waals surface area (Å²) in [5.74, 6) is 0.107. The number of carbonyl (C=O) groups is 1. The van der Waals surface area contributed by atoms with Crippen molar-refractivity contribution in [2.24, 2.45) is 0 Å². The van der Waals surface area contributed by atoms with Crippen LogP contribution >= 0.6 is 23.4 Å². The van der Waals surface area contributed by atoms with Crippen LogP contribution in [0.3, 0.4) is 0 Å². The van der Waals surface area contributed by atoms with E-state index < -0.39 is 0 Å². The third-order valence-electron chi connectivity index (χ3n) is 4.07. The lowest BCUT2D eigenvalue weighted by molar-refractivity contribution is -0.116. The van der Waals surface area contributed by atoms with Gasteiger partial charge in [0.2, 0.25) is 5.91 Å². The third-order valence-corrected chi connectivity index (χ3v) is 5.26. The van der Waals surface area contributed by atoms with Gasteiger partial charge in [0.05, 0.1) is 22.8 Å². The average molecular weight is 368 g/mol. The average Bonchev–Trinajstić information content (AvgIpc) is 3.22. The SMILES string of the molecule is N=C1C(=C2NC(c3ccccc3)=CS2)CC(=O)N1c1ccc(Cl)cc1. The third kappa shape index (κ3) is 2.97. The number of anilines is 1. The zero-order valence-corrected chi connectivity index (χ0v) is 14.7. The van der Waals surface area contributed by atoms with Gasteiger partial charge in [0, 0.05) is 16.0 Å². The molecule has 2 aliphatic heterocycles. The van der Waals surface area contributed by atoms with Crippen LogP contribution < -0.4 is 10.2 Å². The van der Waals surface area contributed by atoms with E-state index in [4.69, 9.17) is 17.0 Å². The van der Waals surface area contributed by atoms with E-state index in [2.05, 4.69) is 5.32 Å². The Morgan fingerprint density at radius 2 is 1.80 bits per heavy atom. The van der Waals surface area contributed by atoms with Gasteiger partial charge in [0.25, 0.3) is 0 Å². The predicted octanol–water partition coefficient (Wildman–Crippen LogP) is 4.60. The van der Waals surface area contributed by atoms with Crippen molar-refractivity contribution in [1.82, 2.24) is 5.32 Å². The number of amides is 1. The van der Waals surface area contributed by atoms with Crippen LogP contribution in [0.4, 0.5) is 5.69 Å². The summed E-state index contributed by atoms with van der Waals surface area (Å²) in [5, 5.41) is 15.3. The smallest absolute Gasteiger partial charge is 0.237 e. The van der Waals surface area contributed by atoms with E-state index in [0.29, 0.717) is 16.3 Å². The molecule has 2 aliphatic rings. The second-order valence-corrected chi connectivity index (χ2v) is 7.00. The summed E-state index contributed by atoms with van der Waals surface area (Å²) in [7, 11) is 0. The van der Waals surface area contributed by atoms with Crippen LogP contribution in [0.2, 0.25) is 5.02 Å². The van der Waals surface area contributed by atoms with Crippen molar-refractivity contribution in [3.8, 4) is 0 Å². The summed E-state index contributed by atoms with van der Waals surface area (Å²) in [5.41, 5.74) is 3.44. The Hall–Kier alpha value is -2.50. The van der Waals surface area contributed by atoms with Gasteiger partial charge >= 0.3 is 0 Å². The van der Waals surface area contributed by atoms with E-state index in [-0.39, 0.29) is 18.2 Å². The van der Waals surface area contributed by atoms with Crippen molar-refractivity contribution in [3.05, 3.63) is 81.2 Å². The molecule has 2 heterocycles. The predicted molar refractivity (Wildman–Crippen MR) is 103 cm³/mol. The highest BCUT2D eigenvalue weighted by molar-refractivity contribution is 8.06. The molecular weight excluding hydrogens is 354 g/mol. The molecule has 1 amide bonds. The Labute approximate surface area is 154 Å². The van der Waals surface area contributed by atoms with Gasteiger partial charge in [-0.05, 0) is 29.8 Å². The topological polar surface area (TPSA) is 56.2 Å². The number of nitrogens with zero attached hydrogens (tertiary/aromatic N) is 1. The molecule has 2 aromatic rings. The largest absolute Gasteiger partial charge is 0.349 e. The fourth-order valence-electron chi connectivity index (χ4n) is 2.83. The molecule has 0 saturated carbocycles. The molecule has 6 heteroatoms. The number of hydrogen-bond donors (Lipinski definition) is 2. The molecule has 0 atom stereocenters. The quantitative estimate of drug-likeness (QED) is 0.815. The molecule has 0 aliphatic carbocycles. The normalized spacial score (nSPS) is 20.0. The van der Waals surface area contributed by atoms with Crippen LogP contribution in [-0.2, 0) is 4.79 Å². The van der Waals surface area contributed by atoms with E-state index in [1.165, 1.54) is 16.7 Å². The van der Waals surface area contributed by atoms with Crippen molar-refractivity contribution >= 4 is 46.5 Å². The number of hydrogen-bond acceptors (Lipinski definition) is 4. The van der Waals surface area contributed by atoms with E-state index in [0.717, 1.165) is 16.3 Å². The Balaban J connectivity index is 1.60. The van der Waals surface area contributed by atoms with Gasteiger partial charge in [-0.25, -0.2) is 0 Å². The molecule has 0 aromatic heterocycles. The first-order valence-electron chi connectivity index (χ1n) is 7.73. The van der Waals surface area contributed by atoms with Crippen molar-refractivity contribution in [3.63, 3.8) is 0 Å². The molecule has 4 nitrogen and oxygen atoms in total. The lowest BCUT2D eigenvalue weighted by Crippen LogP contribution is -2.28. The van der Waals surface area contributed by atoms with Gasteiger partial charge in [-0.15, -0.1) is 0 Å². The first-order chi connectivity index (χ1) is 12.1. The molecule has 0 spiro atoms. The molecular formula is C19H14ClN3OS. The molecule has 25 heavy (non-hydrogen) atoms. The summed E-state index contributed by atoms with van der Waals surface area (Å²) in [6.07, 6.45) is 0.215. The number of nitrogens with one attached hydrogen (secondary N) is 2. The Morgan fingerprint density at radius 1 is 1.08 bits per heavy atom. The highest BCUT2D eigenvalue weighted by Gasteiger charge is 2.35. The fourth-order valence-corrected chi connectivity index (χ4v) is 3.87. The molecule has 4 rings (SSSR count). The van der Waals surface area contributed by atoms with E-state index in [9.17, 15) is 4.79 Å². The monoisotopic (exact) mass is 367 g/mol. The molecule has 2 N–H and O–H groups in total. The summed E-state index contributed by atoms with van der Waals surface area (Å²) in [6.45, 7) is 0. The number of amidine groups is 1. The maximum absolute atomic E-state index is 12.5. The summed E-state index contributed by atoms with van der Waals surface area (Å²) < 4.78 is 0. The van der Waals surface area contributed by atoms with Gasteiger partial charge in [-0.3, -0.25) is 15.1 Å². The second-order valence-electron chi connectivity index (χ2n) is 5.68. The molecule has 1 saturated heterocycles. The maximum Gasteiger partial charge on any atom is 0.237 e. The number of carbonyl (C=O) groups excluding carboxylic acids is 1. The zero-order valence-electron chi connectivity index (χ0n) is 13.1. The second kappa shape index (κ2) is 6.43. The van der Waals surface area contributed by atoms with Crippen LogP contribution in [0.15, 0.2) is 70.6 Å². The summed E-state index contributed by atoms with van der Waals surface area (Å²) in [4.78, 5) is 13.9. The lowest BCUT2D eigenvalue weighted by Gasteiger charge is -2.16. The summed E-state index contributed by atoms with van der Waals surface area (Å²) in [6, 6.07) is 16.9. The lowest BCUT2D eigenvalue weighted by atomic mass is 10.2. The number of rotatable bonds is 2. The standard InChI is InChI=1S/C19H14ClN3OS/c20-13-6-8-14(9-7-13)23-17(24)10-15(18(23)21)19-22-16(11-25-19)12-4-2-1-3-5-12/h1-9,11,21-22H,10H2. The number of halogens is 1. The van der Waals surface area contributed by atoms with Crippen molar-refractivity contribution in [1.29, 1.82) is 5.41 Å². The van der Waals surface area contributed by atoms with E-state index in [1.54, 1.807) is 24.3 Å². The molecule has 2 aromatic carbocycles. The van der Waals surface area contributed by atoms with Gasteiger partial charge in [0.1, 0.15) is 5.84 Å². The van der Waals surface area contributed by atoms with Crippen LogP contribution in [0, 0.1) is 5.41 Å². The molecule has 0 radical (unpaired) electrons. The van der Waals surface area contributed by atoms with E-state index >= 15 is 0 Å². The van der Waals surface area contributed by atoms with Crippen LogP contribution in [0.25, 0.3) is 5.70 Å². The number of thioether (sulfide) groups is 1.